The van der Waals surface area contributed by atoms with Gasteiger partial charge in [-0.1, -0.05) is 12.1 Å². The van der Waals surface area contributed by atoms with Crippen molar-refractivity contribution in [3.8, 4) is 23.0 Å². The van der Waals surface area contributed by atoms with Crippen molar-refractivity contribution in [1.82, 2.24) is 10.3 Å². The molecule has 1 aromatic heterocycles. The Balaban J connectivity index is 1.37. The highest BCUT2D eigenvalue weighted by molar-refractivity contribution is 5.68. The monoisotopic (exact) mass is 566 g/mol. The lowest BCUT2D eigenvalue weighted by molar-refractivity contribution is -0.136. The number of aliphatic carboxylic acids is 1. The van der Waals surface area contributed by atoms with Gasteiger partial charge in [0, 0.05) is 37.8 Å². The summed E-state index contributed by atoms with van der Waals surface area (Å²) in [4.78, 5) is 27.8. The van der Waals surface area contributed by atoms with Crippen LogP contribution in [0, 0.1) is 6.92 Å². The van der Waals surface area contributed by atoms with Gasteiger partial charge in [-0.15, -0.1) is 0 Å². The number of benzene rings is 2. The van der Waals surface area contributed by atoms with E-state index in [-0.39, 0.29) is 25.2 Å². The first-order valence-electron chi connectivity index (χ1n) is 14.0. The van der Waals surface area contributed by atoms with Crippen LogP contribution >= 0.6 is 0 Å². The number of aryl methyl sites for hydroxylation is 2. The van der Waals surface area contributed by atoms with E-state index in [9.17, 15) is 9.59 Å². The summed E-state index contributed by atoms with van der Waals surface area (Å²) in [5.74, 6) is 1.75. The van der Waals surface area contributed by atoms with Crippen molar-refractivity contribution in [2.24, 2.45) is 0 Å². The molecule has 1 saturated heterocycles. The molecule has 220 valence electrons. The average molecular weight is 567 g/mol. The van der Waals surface area contributed by atoms with Gasteiger partial charge in [0.05, 0.1) is 31.6 Å². The summed E-state index contributed by atoms with van der Waals surface area (Å²) in [5.41, 5.74) is 3.24. The van der Waals surface area contributed by atoms with Crippen molar-refractivity contribution in [3.05, 3.63) is 65.0 Å². The largest absolute Gasteiger partial charge is 0.493 e. The van der Waals surface area contributed by atoms with Gasteiger partial charge in [0.25, 0.3) is 0 Å². The summed E-state index contributed by atoms with van der Waals surface area (Å²) in [6.45, 7) is 7.41. The number of hydrogen-bond donors (Lipinski definition) is 2. The highest BCUT2D eigenvalue weighted by atomic mass is 16.6. The van der Waals surface area contributed by atoms with Crippen LogP contribution in [0.2, 0.25) is 0 Å². The van der Waals surface area contributed by atoms with Crippen molar-refractivity contribution in [1.29, 1.82) is 0 Å². The Morgan fingerprint density at radius 3 is 2.63 bits per heavy atom. The lowest BCUT2D eigenvalue weighted by atomic mass is 10.0. The van der Waals surface area contributed by atoms with Crippen LogP contribution in [-0.4, -0.2) is 54.2 Å². The number of ether oxygens (including phenoxy) is 4. The second kappa shape index (κ2) is 14.5. The Labute approximate surface area is 240 Å². The standard InChI is InChI=1S/C31H38N2O8/c1-20(2)39-31(36)32-19-24-18-26(9-7-22(24)8-10-29(34)35)38-16-13-28-21(3)40-30(33-28)23-5-4-6-27(17-23)41-25-11-14-37-15-12-25/h4-7,9,17-18,20,25H,8,10-16,19H2,1-3H3,(H,32,36)(H,34,35). The molecule has 1 fully saturated rings. The molecule has 2 aromatic carbocycles. The van der Waals surface area contributed by atoms with Crippen LogP contribution in [0.25, 0.3) is 11.5 Å². The van der Waals surface area contributed by atoms with E-state index in [4.69, 9.17) is 33.5 Å². The molecule has 0 radical (unpaired) electrons. The summed E-state index contributed by atoms with van der Waals surface area (Å²) >= 11 is 0. The topological polar surface area (TPSA) is 129 Å². The van der Waals surface area contributed by atoms with E-state index in [1.165, 1.54) is 0 Å². The molecule has 0 spiro atoms. The van der Waals surface area contributed by atoms with E-state index in [0.29, 0.717) is 44.3 Å². The molecule has 1 aliphatic rings. The number of rotatable bonds is 13. The zero-order chi connectivity index (χ0) is 29.2. The number of nitrogens with one attached hydrogen (secondary N) is 1. The van der Waals surface area contributed by atoms with Crippen molar-refractivity contribution < 1.29 is 38.1 Å². The number of oxazole rings is 1. The van der Waals surface area contributed by atoms with Crippen molar-refractivity contribution in [3.63, 3.8) is 0 Å². The molecule has 0 unspecified atom stereocenters. The predicted molar refractivity (Wildman–Crippen MR) is 151 cm³/mol. The van der Waals surface area contributed by atoms with Crippen LogP contribution in [0.15, 0.2) is 46.9 Å². The number of carboxylic acids is 1. The molecule has 3 aromatic rings. The molecule has 2 heterocycles. The molecule has 1 amide bonds. The average Bonchev–Trinajstić information content (AvgIpc) is 3.32. The van der Waals surface area contributed by atoms with Gasteiger partial charge >= 0.3 is 12.1 Å². The van der Waals surface area contributed by atoms with E-state index in [0.717, 1.165) is 46.7 Å². The summed E-state index contributed by atoms with van der Waals surface area (Å²) in [5, 5.41) is 11.8. The first kappa shape index (κ1) is 29.9. The SMILES string of the molecule is Cc1oc(-c2cccc(OC3CCOCC3)c2)nc1CCOc1ccc(CCC(=O)O)c(CNC(=O)OC(C)C)c1. The molecule has 41 heavy (non-hydrogen) atoms. The lowest BCUT2D eigenvalue weighted by Crippen LogP contribution is -2.26. The summed E-state index contributed by atoms with van der Waals surface area (Å²) in [7, 11) is 0. The Hall–Kier alpha value is -4.05. The zero-order valence-electron chi connectivity index (χ0n) is 23.8. The Bertz CT molecular complexity index is 1310. The molecule has 0 saturated carbocycles. The predicted octanol–water partition coefficient (Wildman–Crippen LogP) is 5.48. The number of hydrogen-bond acceptors (Lipinski definition) is 8. The van der Waals surface area contributed by atoms with Crippen LogP contribution in [-0.2, 0) is 33.7 Å². The molecule has 1 aliphatic heterocycles. The van der Waals surface area contributed by atoms with Gasteiger partial charge < -0.3 is 33.8 Å². The molecular formula is C31H38N2O8. The third-order valence-electron chi connectivity index (χ3n) is 6.60. The van der Waals surface area contributed by atoms with E-state index >= 15 is 0 Å². The molecule has 10 nitrogen and oxygen atoms in total. The van der Waals surface area contributed by atoms with E-state index in [1.54, 1.807) is 19.9 Å². The highest BCUT2D eigenvalue weighted by Crippen LogP contribution is 2.27. The summed E-state index contributed by atoms with van der Waals surface area (Å²) in [6.07, 6.45) is 1.98. The fourth-order valence-corrected chi connectivity index (χ4v) is 4.50. The molecule has 0 bridgehead atoms. The third-order valence-corrected chi connectivity index (χ3v) is 6.60. The Morgan fingerprint density at radius 2 is 1.88 bits per heavy atom. The number of carbonyl (C=O) groups is 2. The Kier molecular flexibility index (Phi) is 10.6. The van der Waals surface area contributed by atoms with E-state index in [1.807, 2.05) is 43.3 Å². The van der Waals surface area contributed by atoms with Gasteiger partial charge in [-0.25, -0.2) is 9.78 Å². The maximum Gasteiger partial charge on any atom is 0.407 e. The first-order valence-corrected chi connectivity index (χ1v) is 14.0. The van der Waals surface area contributed by atoms with Gasteiger partial charge in [0.2, 0.25) is 5.89 Å². The van der Waals surface area contributed by atoms with Gasteiger partial charge in [-0.05, 0) is 68.7 Å². The first-order chi connectivity index (χ1) is 19.8. The van der Waals surface area contributed by atoms with E-state index < -0.39 is 12.1 Å². The molecule has 4 rings (SSSR count). The molecule has 2 N–H and O–H groups in total. The van der Waals surface area contributed by atoms with Crippen LogP contribution in [0.4, 0.5) is 4.79 Å². The molecule has 0 aliphatic carbocycles. The summed E-state index contributed by atoms with van der Waals surface area (Å²) < 4.78 is 28.7. The van der Waals surface area contributed by atoms with E-state index in [2.05, 4.69) is 5.32 Å². The lowest BCUT2D eigenvalue weighted by Gasteiger charge is -2.23. The Morgan fingerprint density at radius 1 is 1.07 bits per heavy atom. The molecular weight excluding hydrogens is 528 g/mol. The second-order valence-electron chi connectivity index (χ2n) is 10.2. The fourth-order valence-electron chi connectivity index (χ4n) is 4.50. The number of amides is 1. The minimum Gasteiger partial charge on any atom is -0.493 e. The van der Waals surface area contributed by atoms with Crippen LogP contribution < -0.4 is 14.8 Å². The number of carboxylic acid groups (broad SMARTS) is 1. The highest BCUT2D eigenvalue weighted by Gasteiger charge is 2.17. The van der Waals surface area contributed by atoms with Gasteiger partial charge in [0.1, 0.15) is 23.4 Å². The van der Waals surface area contributed by atoms with Crippen LogP contribution in [0.1, 0.15) is 55.7 Å². The number of nitrogens with zero attached hydrogens (tertiary/aromatic N) is 1. The molecule has 0 atom stereocenters. The fraction of sp³-hybridized carbons (Fsp3) is 0.452. The minimum atomic E-state index is -0.885. The van der Waals surface area contributed by atoms with Gasteiger partial charge in [-0.2, -0.15) is 0 Å². The van der Waals surface area contributed by atoms with Crippen molar-refractivity contribution in [2.75, 3.05) is 19.8 Å². The minimum absolute atomic E-state index is 0.0119. The van der Waals surface area contributed by atoms with Crippen molar-refractivity contribution in [2.45, 2.75) is 71.6 Å². The smallest absolute Gasteiger partial charge is 0.407 e. The van der Waals surface area contributed by atoms with Crippen LogP contribution in [0.3, 0.4) is 0 Å². The maximum atomic E-state index is 12.0. The zero-order valence-corrected chi connectivity index (χ0v) is 23.8. The number of aromatic nitrogens is 1. The molecule has 10 heteroatoms. The quantitative estimate of drug-likeness (QED) is 0.276. The number of alkyl carbamates (subject to hydrolysis) is 1. The van der Waals surface area contributed by atoms with Gasteiger partial charge in [-0.3, -0.25) is 4.79 Å². The van der Waals surface area contributed by atoms with Crippen LogP contribution in [0.5, 0.6) is 11.5 Å². The summed E-state index contributed by atoms with van der Waals surface area (Å²) in [6, 6.07) is 13.2. The maximum absolute atomic E-state index is 12.0. The number of carbonyl (C=O) groups excluding carboxylic acids is 1. The van der Waals surface area contributed by atoms with Gasteiger partial charge in [0.15, 0.2) is 0 Å². The third kappa shape index (κ3) is 9.24. The normalized spacial score (nSPS) is 13.7. The van der Waals surface area contributed by atoms with Crippen molar-refractivity contribution >= 4 is 12.1 Å². The second-order valence-corrected chi connectivity index (χ2v) is 10.2.